The van der Waals surface area contributed by atoms with E-state index >= 15 is 0 Å². The maximum absolute atomic E-state index is 11.4. The van der Waals surface area contributed by atoms with Crippen molar-refractivity contribution in [3.05, 3.63) is 0 Å². The lowest BCUT2D eigenvalue weighted by Crippen LogP contribution is -2.51. The molecule has 18 heavy (non-hydrogen) atoms. The van der Waals surface area contributed by atoms with Gasteiger partial charge in [-0.3, -0.25) is 4.79 Å². The summed E-state index contributed by atoms with van der Waals surface area (Å²) in [7, 11) is 0. The fraction of sp³-hybridized carbons (Fsp3) is 0.900. The third-order valence-electron chi connectivity index (χ3n) is 2.45. The van der Waals surface area contributed by atoms with Crippen LogP contribution in [-0.4, -0.2) is 75.6 Å². The Morgan fingerprint density at radius 2 is 1.72 bits per heavy atom. The number of hydrogen-bond donors (Lipinski definition) is 7. The Hall–Kier alpha value is -0.770. The molecule has 0 fully saturated rings. The molecule has 0 saturated heterocycles. The normalized spacial score (nSPS) is 17.9. The van der Waals surface area contributed by atoms with Crippen LogP contribution in [0.5, 0.6) is 0 Å². The van der Waals surface area contributed by atoms with Gasteiger partial charge in [0, 0.05) is 6.54 Å². The molecular weight excluding hydrogens is 244 g/mol. The lowest BCUT2D eigenvalue weighted by Gasteiger charge is -2.24. The highest BCUT2D eigenvalue weighted by atomic mass is 16.4. The number of rotatable bonds is 9. The Morgan fingerprint density at radius 3 is 2.22 bits per heavy atom. The third kappa shape index (κ3) is 5.71. The average molecular weight is 266 g/mol. The molecule has 8 N–H and O–H groups in total. The Kier molecular flexibility index (Phi) is 8.81. The summed E-state index contributed by atoms with van der Waals surface area (Å²) in [5, 5.41) is 48.1. The minimum absolute atomic E-state index is 0.290. The molecule has 0 radical (unpaired) electrons. The fourth-order valence-corrected chi connectivity index (χ4v) is 1.26. The van der Waals surface area contributed by atoms with Gasteiger partial charge in [0.05, 0.1) is 6.61 Å². The molecule has 0 aliphatic rings. The molecule has 8 nitrogen and oxygen atoms in total. The maximum atomic E-state index is 11.4. The topological polar surface area (TPSA) is 156 Å². The van der Waals surface area contributed by atoms with E-state index in [0.29, 0.717) is 25.9 Å². The molecule has 0 aromatic rings. The summed E-state index contributed by atoms with van der Waals surface area (Å²) in [6, 6.07) is 0. The zero-order valence-electron chi connectivity index (χ0n) is 10.1. The van der Waals surface area contributed by atoms with Crippen molar-refractivity contribution >= 4 is 5.91 Å². The number of nitrogens with two attached hydrogens (primary N) is 1. The van der Waals surface area contributed by atoms with E-state index in [-0.39, 0.29) is 0 Å². The summed E-state index contributed by atoms with van der Waals surface area (Å²) in [4.78, 5) is 11.4. The highest BCUT2D eigenvalue weighted by Crippen LogP contribution is 2.05. The van der Waals surface area contributed by atoms with Gasteiger partial charge in [-0.15, -0.1) is 0 Å². The third-order valence-corrected chi connectivity index (χ3v) is 2.45. The van der Waals surface area contributed by atoms with Crippen molar-refractivity contribution in [2.45, 2.75) is 37.3 Å². The van der Waals surface area contributed by atoms with Crippen molar-refractivity contribution in [3.8, 4) is 0 Å². The Balaban J connectivity index is 4.11. The monoisotopic (exact) mass is 266 g/mol. The molecule has 0 aliphatic carbocycles. The van der Waals surface area contributed by atoms with Gasteiger partial charge < -0.3 is 36.6 Å². The second kappa shape index (κ2) is 9.20. The predicted octanol–water partition coefficient (Wildman–Crippen LogP) is -3.72. The van der Waals surface area contributed by atoms with Gasteiger partial charge >= 0.3 is 0 Å². The van der Waals surface area contributed by atoms with E-state index in [9.17, 15) is 20.1 Å². The average Bonchev–Trinajstić information content (AvgIpc) is 2.39. The summed E-state index contributed by atoms with van der Waals surface area (Å²) in [5.74, 6) is -0.858. The fourth-order valence-electron chi connectivity index (χ4n) is 1.26. The maximum Gasteiger partial charge on any atom is 0.251 e. The molecule has 0 bridgehead atoms. The number of carbonyl (C=O) groups is 1. The van der Waals surface area contributed by atoms with Crippen molar-refractivity contribution in [1.29, 1.82) is 0 Å². The first kappa shape index (κ1) is 17.2. The number of nitrogens with one attached hydrogen (secondary N) is 1. The van der Waals surface area contributed by atoms with Crippen molar-refractivity contribution in [2.75, 3.05) is 19.7 Å². The molecule has 0 aliphatic heterocycles. The molecule has 0 heterocycles. The predicted molar refractivity (Wildman–Crippen MR) is 62.4 cm³/mol. The molecule has 0 aromatic carbocycles. The van der Waals surface area contributed by atoms with Gasteiger partial charge in [-0.1, -0.05) is 0 Å². The SMILES string of the molecule is NCCCCNC(=O)[C@@H](O)[C@@H](O)[C@@H](O)[C@H](O)CO. The van der Waals surface area contributed by atoms with Gasteiger partial charge in [-0.05, 0) is 19.4 Å². The summed E-state index contributed by atoms with van der Waals surface area (Å²) < 4.78 is 0. The highest BCUT2D eigenvalue weighted by molar-refractivity contribution is 5.81. The van der Waals surface area contributed by atoms with E-state index in [0.717, 1.165) is 0 Å². The van der Waals surface area contributed by atoms with E-state index in [1.807, 2.05) is 0 Å². The van der Waals surface area contributed by atoms with Gasteiger partial charge in [-0.25, -0.2) is 0 Å². The zero-order valence-corrected chi connectivity index (χ0v) is 10.1. The molecule has 0 saturated carbocycles. The second-order valence-corrected chi connectivity index (χ2v) is 3.96. The number of unbranched alkanes of at least 4 members (excludes halogenated alkanes) is 1. The van der Waals surface area contributed by atoms with Crippen LogP contribution in [0, 0.1) is 0 Å². The van der Waals surface area contributed by atoms with E-state index in [4.69, 9.17) is 15.9 Å². The van der Waals surface area contributed by atoms with Crippen molar-refractivity contribution in [2.24, 2.45) is 5.73 Å². The number of carbonyl (C=O) groups excluding carboxylic acids is 1. The van der Waals surface area contributed by atoms with Crippen LogP contribution in [0.25, 0.3) is 0 Å². The highest BCUT2D eigenvalue weighted by Gasteiger charge is 2.33. The van der Waals surface area contributed by atoms with E-state index < -0.39 is 36.9 Å². The standard InChI is InChI=1S/C10H22N2O6/c11-3-1-2-4-12-10(18)9(17)8(16)7(15)6(14)5-13/h6-9,13-17H,1-5,11H2,(H,12,18)/t6-,7+,8+,9+/m1/s1. The zero-order chi connectivity index (χ0) is 14.1. The Morgan fingerprint density at radius 1 is 1.11 bits per heavy atom. The van der Waals surface area contributed by atoms with Crippen LogP contribution >= 0.6 is 0 Å². The molecular formula is C10H22N2O6. The number of amides is 1. The molecule has 1 amide bonds. The molecule has 0 aromatic heterocycles. The molecule has 108 valence electrons. The lowest BCUT2D eigenvalue weighted by molar-refractivity contribution is -0.148. The largest absolute Gasteiger partial charge is 0.394 e. The summed E-state index contributed by atoms with van der Waals surface area (Å²) in [6.45, 7) is -0.00994. The smallest absolute Gasteiger partial charge is 0.251 e. The molecule has 8 heteroatoms. The van der Waals surface area contributed by atoms with Crippen LogP contribution in [-0.2, 0) is 4.79 Å². The van der Waals surface area contributed by atoms with Crippen molar-refractivity contribution < 1.29 is 30.3 Å². The Labute approximate surface area is 105 Å². The minimum atomic E-state index is -1.88. The second-order valence-electron chi connectivity index (χ2n) is 3.96. The van der Waals surface area contributed by atoms with E-state index in [2.05, 4.69) is 5.32 Å². The summed E-state index contributed by atoms with van der Waals surface area (Å²) >= 11 is 0. The molecule has 0 rings (SSSR count). The van der Waals surface area contributed by atoms with Crippen molar-refractivity contribution in [1.82, 2.24) is 5.32 Å². The first-order chi connectivity index (χ1) is 8.45. The molecule has 0 spiro atoms. The Bertz CT molecular complexity index is 240. The van der Waals surface area contributed by atoms with Gasteiger partial charge in [-0.2, -0.15) is 0 Å². The van der Waals surface area contributed by atoms with Crippen LogP contribution in [0.15, 0.2) is 0 Å². The number of hydrogen-bond acceptors (Lipinski definition) is 7. The van der Waals surface area contributed by atoms with Crippen LogP contribution in [0.3, 0.4) is 0 Å². The molecule has 4 atom stereocenters. The number of aliphatic hydroxyl groups is 5. The van der Waals surface area contributed by atoms with Crippen molar-refractivity contribution in [3.63, 3.8) is 0 Å². The lowest BCUT2D eigenvalue weighted by atomic mass is 10.0. The van der Waals surface area contributed by atoms with Gasteiger partial charge in [0.2, 0.25) is 0 Å². The first-order valence-electron chi connectivity index (χ1n) is 5.76. The van der Waals surface area contributed by atoms with Crippen LogP contribution < -0.4 is 11.1 Å². The van der Waals surface area contributed by atoms with E-state index in [1.54, 1.807) is 0 Å². The summed E-state index contributed by atoms with van der Waals surface area (Å²) in [5.41, 5.74) is 5.26. The van der Waals surface area contributed by atoms with Gasteiger partial charge in [0.15, 0.2) is 6.10 Å². The number of aliphatic hydroxyl groups excluding tert-OH is 5. The van der Waals surface area contributed by atoms with Gasteiger partial charge in [0.25, 0.3) is 5.91 Å². The van der Waals surface area contributed by atoms with Crippen LogP contribution in [0.1, 0.15) is 12.8 Å². The van der Waals surface area contributed by atoms with Gasteiger partial charge in [0.1, 0.15) is 18.3 Å². The first-order valence-corrected chi connectivity index (χ1v) is 5.76. The van der Waals surface area contributed by atoms with E-state index in [1.165, 1.54) is 0 Å². The quantitative estimate of drug-likeness (QED) is 0.211. The van der Waals surface area contributed by atoms with Crippen LogP contribution in [0.4, 0.5) is 0 Å². The minimum Gasteiger partial charge on any atom is -0.394 e. The summed E-state index contributed by atoms with van der Waals surface area (Å²) in [6.07, 6.45) is -5.84. The molecule has 0 unspecified atom stereocenters. The van der Waals surface area contributed by atoms with Crippen LogP contribution in [0.2, 0.25) is 0 Å².